The lowest BCUT2D eigenvalue weighted by Crippen LogP contribution is -2.31. The molecule has 0 amide bonds. The molecule has 0 radical (unpaired) electrons. The van der Waals surface area contributed by atoms with E-state index < -0.39 is 0 Å². The number of aromatic nitrogens is 6. The second-order valence-electron chi connectivity index (χ2n) is 8.95. The van der Waals surface area contributed by atoms with E-state index >= 15 is 0 Å². The molecule has 5 heterocycles. The van der Waals surface area contributed by atoms with Crippen molar-refractivity contribution in [2.45, 2.75) is 45.4 Å². The standard InChI is InChI=1S/C23H27N7/c1-23(2,3)19-9-14-29(27-19)20-16-22(28-12-5-4-6-13-28)30-21(25-20)15-18(26-30)17-7-10-24-11-8-17/h7-11,14-16H,4-6,12-13H2,1-3H3. The number of fused-ring (bicyclic) bond motifs is 1. The van der Waals surface area contributed by atoms with Crippen LogP contribution in [0.3, 0.4) is 0 Å². The zero-order valence-corrected chi connectivity index (χ0v) is 17.8. The van der Waals surface area contributed by atoms with Crippen LogP contribution in [0.15, 0.2) is 48.9 Å². The SMILES string of the molecule is CC(C)(C)c1ccn(-c2cc(N3CCCCC3)n3nc(-c4ccncc4)cc3n2)n1. The minimum Gasteiger partial charge on any atom is -0.356 e. The summed E-state index contributed by atoms with van der Waals surface area (Å²) in [5.74, 6) is 1.89. The highest BCUT2D eigenvalue weighted by Gasteiger charge is 2.21. The van der Waals surface area contributed by atoms with Gasteiger partial charge >= 0.3 is 0 Å². The number of rotatable bonds is 3. The Hall–Kier alpha value is -3.22. The lowest BCUT2D eigenvalue weighted by atomic mass is 9.93. The zero-order valence-electron chi connectivity index (χ0n) is 17.8. The summed E-state index contributed by atoms with van der Waals surface area (Å²) in [7, 11) is 0. The quantitative estimate of drug-likeness (QED) is 0.513. The number of piperidine rings is 1. The normalized spacial score (nSPS) is 15.1. The molecule has 1 aliphatic heterocycles. The Morgan fingerprint density at radius 2 is 1.67 bits per heavy atom. The van der Waals surface area contributed by atoms with Gasteiger partial charge in [0, 0.05) is 54.8 Å². The van der Waals surface area contributed by atoms with Crippen molar-refractivity contribution in [3.8, 4) is 17.1 Å². The van der Waals surface area contributed by atoms with Gasteiger partial charge in [0.2, 0.25) is 0 Å². The monoisotopic (exact) mass is 401 g/mol. The minimum absolute atomic E-state index is 0.00379. The van der Waals surface area contributed by atoms with Gasteiger partial charge in [0.1, 0.15) is 5.82 Å². The van der Waals surface area contributed by atoms with E-state index in [-0.39, 0.29) is 5.41 Å². The minimum atomic E-state index is -0.00379. The molecule has 0 saturated carbocycles. The average Bonchev–Trinajstić information content (AvgIpc) is 3.41. The molecule has 4 aromatic heterocycles. The van der Waals surface area contributed by atoms with Crippen molar-refractivity contribution >= 4 is 11.5 Å². The van der Waals surface area contributed by atoms with Crippen LogP contribution in [0.2, 0.25) is 0 Å². The van der Waals surface area contributed by atoms with E-state index in [4.69, 9.17) is 15.2 Å². The van der Waals surface area contributed by atoms with Crippen LogP contribution in [0.4, 0.5) is 5.82 Å². The third kappa shape index (κ3) is 3.44. The molecule has 0 atom stereocenters. The van der Waals surface area contributed by atoms with Gasteiger partial charge in [-0.25, -0.2) is 9.67 Å². The first-order valence-corrected chi connectivity index (χ1v) is 10.6. The van der Waals surface area contributed by atoms with Crippen LogP contribution in [0.5, 0.6) is 0 Å². The summed E-state index contributed by atoms with van der Waals surface area (Å²) in [6.45, 7) is 8.60. The van der Waals surface area contributed by atoms with Gasteiger partial charge in [0.25, 0.3) is 0 Å². The first-order chi connectivity index (χ1) is 14.5. The van der Waals surface area contributed by atoms with Crippen molar-refractivity contribution in [1.82, 2.24) is 29.4 Å². The topological polar surface area (TPSA) is 64.1 Å². The smallest absolute Gasteiger partial charge is 0.160 e. The van der Waals surface area contributed by atoms with Crippen molar-refractivity contribution < 1.29 is 0 Å². The fraction of sp³-hybridized carbons (Fsp3) is 0.391. The molecule has 154 valence electrons. The molecule has 5 rings (SSSR count). The van der Waals surface area contributed by atoms with Crippen molar-refractivity contribution in [2.75, 3.05) is 18.0 Å². The highest BCUT2D eigenvalue weighted by Crippen LogP contribution is 2.27. The van der Waals surface area contributed by atoms with Crippen molar-refractivity contribution in [1.29, 1.82) is 0 Å². The summed E-state index contributed by atoms with van der Waals surface area (Å²) in [6.07, 6.45) is 9.27. The van der Waals surface area contributed by atoms with Crippen LogP contribution in [0, 0.1) is 0 Å². The van der Waals surface area contributed by atoms with E-state index in [2.05, 4.69) is 42.8 Å². The second kappa shape index (κ2) is 7.23. The first-order valence-electron chi connectivity index (χ1n) is 10.6. The van der Waals surface area contributed by atoms with Crippen LogP contribution in [-0.2, 0) is 5.41 Å². The van der Waals surface area contributed by atoms with Gasteiger partial charge in [0.05, 0.1) is 11.4 Å². The van der Waals surface area contributed by atoms with Crippen LogP contribution >= 0.6 is 0 Å². The molecule has 0 bridgehead atoms. The molecule has 7 heteroatoms. The molecule has 7 nitrogen and oxygen atoms in total. The Labute approximate surface area is 176 Å². The maximum Gasteiger partial charge on any atom is 0.160 e. The van der Waals surface area contributed by atoms with Crippen LogP contribution < -0.4 is 4.90 Å². The molecule has 1 saturated heterocycles. The number of anilines is 1. The third-order valence-corrected chi connectivity index (χ3v) is 5.64. The van der Waals surface area contributed by atoms with Gasteiger partial charge in [-0.3, -0.25) is 4.98 Å². The largest absolute Gasteiger partial charge is 0.356 e. The summed E-state index contributed by atoms with van der Waals surface area (Å²) in [6, 6.07) is 10.2. The number of nitrogens with zero attached hydrogens (tertiary/aromatic N) is 7. The summed E-state index contributed by atoms with van der Waals surface area (Å²) in [5.41, 5.74) is 3.81. The molecule has 1 aliphatic rings. The van der Waals surface area contributed by atoms with E-state index in [1.807, 2.05) is 33.6 Å². The molecule has 30 heavy (non-hydrogen) atoms. The number of pyridine rings is 1. The molecule has 0 N–H and O–H groups in total. The van der Waals surface area contributed by atoms with E-state index in [0.29, 0.717) is 0 Å². The van der Waals surface area contributed by atoms with Crippen molar-refractivity contribution in [3.63, 3.8) is 0 Å². The maximum absolute atomic E-state index is 4.90. The fourth-order valence-electron chi connectivity index (χ4n) is 3.93. The fourth-order valence-corrected chi connectivity index (χ4v) is 3.93. The molecule has 0 aromatic carbocycles. The zero-order chi connectivity index (χ0) is 20.7. The summed E-state index contributed by atoms with van der Waals surface area (Å²) < 4.78 is 3.85. The van der Waals surface area contributed by atoms with Crippen molar-refractivity contribution in [3.05, 3.63) is 54.6 Å². The van der Waals surface area contributed by atoms with E-state index in [9.17, 15) is 0 Å². The Bertz CT molecular complexity index is 1160. The Kier molecular flexibility index (Phi) is 4.53. The highest BCUT2D eigenvalue weighted by atomic mass is 15.4. The Morgan fingerprint density at radius 3 is 2.37 bits per heavy atom. The first kappa shape index (κ1) is 18.8. The van der Waals surface area contributed by atoms with Gasteiger partial charge < -0.3 is 4.90 Å². The molecule has 4 aromatic rings. The Morgan fingerprint density at radius 1 is 0.900 bits per heavy atom. The summed E-state index contributed by atoms with van der Waals surface area (Å²) in [5, 5.41) is 9.70. The van der Waals surface area contributed by atoms with E-state index in [1.165, 1.54) is 19.3 Å². The van der Waals surface area contributed by atoms with Gasteiger partial charge in [-0.2, -0.15) is 14.7 Å². The Balaban J connectivity index is 1.65. The van der Waals surface area contributed by atoms with Gasteiger partial charge in [-0.1, -0.05) is 20.8 Å². The lowest BCUT2D eigenvalue weighted by molar-refractivity contribution is 0.558. The predicted molar refractivity (Wildman–Crippen MR) is 118 cm³/mol. The lowest BCUT2D eigenvalue weighted by Gasteiger charge is -2.29. The molecule has 1 fully saturated rings. The molecular formula is C23H27N7. The molecule has 0 spiro atoms. The van der Waals surface area contributed by atoms with Gasteiger partial charge in [-0.05, 0) is 37.5 Å². The molecular weight excluding hydrogens is 374 g/mol. The number of hydrogen-bond donors (Lipinski definition) is 0. The second-order valence-corrected chi connectivity index (χ2v) is 8.95. The molecule has 0 unspecified atom stereocenters. The molecule has 0 aliphatic carbocycles. The third-order valence-electron chi connectivity index (χ3n) is 5.64. The van der Waals surface area contributed by atoms with Gasteiger partial charge in [-0.15, -0.1) is 0 Å². The van der Waals surface area contributed by atoms with Crippen LogP contribution in [0.1, 0.15) is 45.7 Å². The van der Waals surface area contributed by atoms with E-state index in [1.54, 1.807) is 12.4 Å². The van der Waals surface area contributed by atoms with Crippen LogP contribution in [-0.4, -0.2) is 42.5 Å². The number of hydrogen-bond acceptors (Lipinski definition) is 5. The van der Waals surface area contributed by atoms with Gasteiger partial charge in [0.15, 0.2) is 11.5 Å². The van der Waals surface area contributed by atoms with Crippen LogP contribution in [0.25, 0.3) is 22.7 Å². The summed E-state index contributed by atoms with van der Waals surface area (Å²) in [4.78, 5) is 11.4. The summed E-state index contributed by atoms with van der Waals surface area (Å²) >= 11 is 0. The van der Waals surface area contributed by atoms with E-state index in [0.717, 1.165) is 47.3 Å². The maximum atomic E-state index is 4.90. The predicted octanol–water partition coefficient (Wildman–Crippen LogP) is 4.26. The average molecular weight is 402 g/mol. The highest BCUT2D eigenvalue weighted by molar-refractivity contribution is 5.66. The van der Waals surface area contributed by atoms with Crippen molar-refractivity contribution in [2.24, 2.45) is 0 Å².